The van der Waals surface area contributed by atoms with Crippen molar-refractivity contribution in [3.63, 3.8) is 0 Å². The topological polar surface area (TPSA) is 54.9 Å². The van der Waals surface area contributed by atoms with Gasteiger partial charge in [0.1, 0.15) is 5.38 Å². The average Bonchev–Trinajstić information content (AvgIpc) is 2.77. The van der Waals surface area contributed by atoms with E-state index in [1.165, 1.54) is 11.3 Å². The Kier molecular flexibility index (Phi) is 4.62. The Balaban J connectivity index is 2.23. The van der Waals surface area contributed by atoms with Crippen LogP contribution in [0.15, 0.2) is 18.2 Å². The lowest BCUT2D eigenvalue weighted by atomic mass is 10.2. The minimum absolute atomic E-state index is 0.327. The fourth-order valence-electron chi connectivity index (χ4n) is 1.25. The average molecular weight is 337 g/mol. The zero-order valence-electron chi connectivity index (χ0n) is 9.65. The third-order valence-electron chi connectivity index (χ3n) is 2.18. The molecule has 0 saturated heterocycles. The number of nitrogens with zero attached hydrogens (tertiary/aromatic N) is 2. The normalized spacial score (nSPS) is 12.2. The van der Waals surface area contributed by atoms with Gasteiger partial charge in [-0.15, -0.1) is 21.8 Å². The molecule has 4 nitrogen and oxygen atoms in total. The van der Waals surface area contributed by atoms with Crippen LogP contribution >= 0.6 is 46.1 Å². The molecule has 0 fully saturated rings. The van der Waals surface area contributed by atoms with Crippen LogP contribution in [0.25, 0.3) is 10.6 Å². The first kappa shape index (κ1) is 14.5. The maximum absolute atomic E-state index is 11.4. The highest BCUT2D eigenvalue weighted by molar-refractivity contribution is 7.18. The molecule has 1 aromatic heterocycles. The van der Waals surface area contributed by atoms with Crippen LogP contribution in [0.5, 0.6) is 0 Å². The molecule has 0 aliphatic heterocycles. The minimum Gasteiger partial charge on any atom is -0.299 e. The van der Waals surface area contributed by atoms with Gasteiger partial charge >= 0.3 is 0 Å². The van der Waals surface area contributed by atoms with E-state index in [1.54, 1.807) is 25.1 Å². The monoisotopic (exact) mass is 335 g/mol. The second kappa shape index (κ2) is 6.05. The molecule has 0 aliphatic rings. The van der Waals surface area contributed by atoms with Crippen LogP contribution in [0.4, 0.5) is 5.13 Å². The van der Waals surface area contributed by atoms with Crippen molar-refractivity contribution in [1.82, 2.24) is 10.2 Å². The van der Waals surface area contributed by atoms with Gasteiger partial charge in [-0.25, -0.2) is 0 Å². The first-order valence-electron chi connectivity index (χ1n) is 5.21. The van der Waals surface area contributed by atoms with E-state index < -0.39 is 5.38 Å². The molecule has 1 atom stereocenters. The molecule has 0 saturated carbocycles. The van der Waals surface area contributed by atoms with E-state index in [4.69, 9.17) is 34.8 Å². The van der Waals surface area contributed by atoms with Crippen LogP contribution in [0.2, 0.25) is 10.0 Å². The first-order chi connectivity index (χ1) is 8.97. The van der Waals surface area contributed by atoms with Crippen molar-refractivity contribution < 1.29 is 4.79 Å². The van der Waals surface area contributed by atoms with Crippen LogP contribution in [0.3, 0.4) is 0 Å². The van der Waals surface area contributed by atoms with Gasteiger partial charge in [0, 0.05) is 10.6 Å². The van der Waals surface area contributed by atoms with Gasteiger partial charge < -0.3 is 0 Å². The Morgan fingerprint density at radius 1 is 1.37 bits per heavy atom. The minimum atomic E-state index is -0.633. The number of alkyl halides is 1. The molecule has 19 heavy (non-hydrogen) atoms. The molecule has 100 valence electrons. The summed E-state index contributed by atoms with van der Waals surface area (Å²) in [7, 11) is 0. The Hall–Kier alpha value is -0.880. The van der Waals surface area contributed by atoms with E-state index in [0.717, 1.165) is 0 Å². The molecule has 1 aromatic carbocycles. The number of aromatic nitrogens is 2. The van der Waals surface area contributed by atoms with Gasteiger partial charge in [0.25, 0.3) is 0 Å². The second-order valence-electron chi connectivity index (χ2n) is 3.64. The largest absolute Gasteiger partial charge is 0.299 e. The summed E-state index contributed by atoms with van der Waals surface area (Å²) in [5, 5.41) is 11.8. The van der Waals surface area contributed by atoms with E-state index in [-0.39, 0.29) is 5.91 Å². The number of amides is 1. The molecular formula is C11H8Cl3N3OS. The summed E-state index contributed by atoms with van der Waals surface area (Å²) in [6.07, 6.45) is 0. The fraction of sp³-hybridized carbons (Fsp3) is 0.182. The number of carbonyl (C=O) groups excluding carboxylic acids is 1. The van der Waals surface area contributed by atoms with Crippen LogP contribution in [-0.4, -0.2) is 21.5 Å². The van der Waals surface area contributed by atoms with Crippen molar-refractivity contribution in [3.05, 3.63) is 28.2 Å². The van der Waals surface area contributed by atoms with Gasteiger partial charge in [-0.2, -0.15) is 0 Å². The number of rotatable bonds is 3. The van der Waals surface area contributed by atoms with Crippen molar-refractivity contribution >= 4 is 57.2 Å². The molecule has 2 aromatic rings. The number of nitrogens with one attached hydrogen (secondary N) is 1. The summed E-state index contributed by atoms with van der Waals surface area (Å²) in [6, 6.07) is 5.09. The number of anilines is 1. The summed E-state index contributed by atoms with van der Waals surface area (Å²) in [5.74, 6) is -0.327. The predicted molar refractivity (Wildman–Crippen MR) is 79.3 cm³/mol. The lowest BCUT2D eigenvalue weighted by Crippen LogP contribution is -2.20. The zero-order chi connectivity index (χ0) is 14.0. The smallest absolute Gasteiger partial charge is 0.243 e. The molecule has 0 radical (unpaired) electrons. The third kappa shape index (κ3) is 3.57. The van der Waals surface area contributed by atoms with Crippen LogP contribution < -0.4 is 5.32 Å². The third-order valence-corrected chi connectivity index (χ3v) is 3.80. The van der Waals surface area contributed by atoms with Crippen LogP contribution in [-0.2, 0) is 4.79 Å². The molecule has 8 heteroatoms. The molecule has 0 aliphatic carbocycles. The molecule has 2 rings (SSSR count). The lowest BCUT2D eigenvalue weighted by Gasteiger charge is -2.01. The maximum atomic E-state index is 11.4. The zero-order valence-corrected chi connectivity index (χ0v) is 12.7. The molecular weight excluding hydrogens is 329 g/mol. The highest BCUT2D eigenvalue weighted by Gasteiger charge is 2.14. The number of hydrogen-bond donors (Lipinski definition) is 1. The Labute approximate surface area is 128 Å². The molecule has 1 heterocycles. The quantitative estimate of drug-likeness (QED) is 0.859. The molecule has 1 N–H and O–H groups in total. The summed E-state index contributed by atoms with van der Waals surface area (Å²) < 4.78 is 0. The molecule has 1 amide bonds. The predicted octanol–water partition coefficient (Wildman–Crippen LogP) is 4.08. The van der Waals surface area contributed by atoms with E-state index in [0.29, 0.717) is 25.7 Å². The molecule has 0 bridgehead atoms. The number of hydrogen-bond acceptors (Lipinski definition) is 4. The van der Waals surface area contributed by atoms with Crippen molar-refractivity contribution in [2.75, 3.05) is 5.32 Å². The van der Waals surface area contributed by atoms with Gasteiger partial charge in [0.15, 0.2) is 5.01 Å². The number of benzene rings is 1. The van der Waals surface area contributed by atoms with Crippen molar-refractivity contribution in [3.8, 4) is 10.6 Å². The first-order valence-corrected chi connectivity index (χ1v) is 7.22. The van der Waals surface area contributed by atoms with Crippen LogP contribution in [0.1, 0.15) is 6.92 Å². The van der Waals surface area contributed by atoms with Gasteiger partial charge in [-0.3, -0.25) is 10.1 Å². The highest BCUT2D eigenvalue weighted by Crippen LogP contribution is 2.33. The van der Waals surface area contributed by atoms with Crippen molar-refractivity contribution in [2.24, 2.45) is 0 Å². The molecule has 0 unspecified atom stereocenters. The van der Waals surface area contributed by atoms with Crippen molar-refractivity contribution in [1.29, 1.82) is 0 Å². The fourth-order valence-corrected chi connectivity index (χ4v) is 2.64. The highest BCUT2D eigenvalue weighted by atomic mass is 35.5. The van der Waals surface area contributed by atoms with E-state index in [2.05, 4.69) is 15.5 Å². The van der Waals surface area contributed by atoms with Crippen molar-refractivity contribution in [2.45, 2.75) is 12.3 Å². The molecule has 0 spiro atoms. The summed E-state index contributed by atoms with van der Waals surface area (Å²) in [5.41, 5.74) is 0.711. The maximum Gasteiger partial charge on any atom is 0.243 e. The van der Waals surface area contributed by atoms with Crippen LogP contribution in [0, 0.1) is 0 Å². The standard InChI is InChI=1S/C11H8Cl3N3OS/c1-5(12)9(18)15-11-17-16-10(19-11)7-3-2-6(13)4-8(7)14/h2-5H,1H3,(H,15,17,18)/t5-/m1/s1. The number of halogens is 3. The second-order valence-corrected chi connectivity index (χ2v) is 6.12. The lowest BCUT2D eigenvalue weighted by molar-refractivity contribution is -0.115. The van der Waals surface area contributed by atoms with Gasteiger partial charge in [0.2, 0.25) is 11.0 Å². The number of carbonyl (C=O) groups is 1. The van der Waals surface area contributed by atoms with E-state index in [1.807, 2.05) is 0 Å². The van der Waals surface area contributed by atoms with Gasteiger partial charge in [-0.1, -0.05) is 34.5 Å². The summed E-state index contributed by atoms with van der Waals surface area (Å²) >= 11 is 18.8. The van der Waals surface area contributed by atoms with Gasteiger partial charge in [-0.05, 0) is 25.1 Å². The Morgan fingerprint density at radius 3 is 2.74 bits per heavy atom. The summed E-state index contributed by atoms with van der Waals surface area (Å²) in [6.45, 7) is 1.58. The SMILES string of the molecule is C[C@@H](Cl)C(=O)Nc1nnc(-c2ccc(Cl)cc2Cl)s1. The summed E-state index contributed by atoms with van der Waals surface area (Å²) in [4.78, 5) is 11.4. The van der Waals surface area contributed by atoms with Gasteiger partial charge in [0.05, 0.1) is 5.02 Å². The van der Waals surface area contributed by atoms with E-state index in [9.17, 15) is 4.79 Å². The Morgan fingerprint density at radius 2 is 2.11 bits per heavy atom. The van der Waals surface area contributed by atoms with E-state index >= 15 is 0 Å². The Bertz CT molecular complexity index is 615.